The second-order valence-corrected chi connectivity index (χ2v) is 6.97. The number of methoxy groups -OCH3 is 1. The molecule has 1 nitrogen and oxygen atoms in total. The lowest BCUT2D eigenvalue weighted by molar-refractivity contribution is 0.411. The van der Waals surface area contributed by atoms with Crippen LogP contribution in [0.2, 0.25) is 0 Å². The number of rotatable bonds is 2. The van der Waals surface area contributed by atoms with Crippen molar-refractivity contribution in [3.63, 3.8) is 0 Å². The molecule has 0 atom stereocenters. The third kappa shape index (κ3) is 2.63. The van der Waals surface area contributed by atoms with Crippen molar-refractivity contribution in [3.8, 4) is 5.75 Å². The van der Waals surface area contributed by atoms with Crippen molar-refractivity contribution in [1.82, 2.24) is 0 Å². The molecule has 0 N–H and O–H groups in total. The van der Waals surface area contributed by atoms with E-state index in [1.54, 1.807) is 7.11 Å². The highest BCUT2D eigenvalue weighted by molar-refractivity contribution is 7.99. The maximum absolute atomic E-state index is 5.38. The second-order valence-electron chi connectivity index (χ2n) is 5.88. The third-order valence-corrected chi connectivity index (χ3v) is 5.46. The lowest BCUT2D eigenvalue weighted by Crippen LogP contribution is -1.98. The third-order valence-electron chi connectivity index (χ3n) is 4.30. The van der Waals surface area contributed by atoms with Crippen molar-refractivity contribution in [1.29, 1.82) is 0 Å². The molecular formula is C22H18OS. The van der Waals surface area contributed by atoms with Crippen LogP contribution < -0.4 is 4.74 Å². The predicted octanol–water partition coefficient (Wildman–Crippen LogP) is 6.06. The Balaban J connectivity index is 1.89. The van der Waals surface area contributed by atoms with Gasteiger partial charge in [-0.15, -0.1) is 0 Å². The summed E-state index contributed by atoms with van der Waals surface area (Å²) in [6.07, 6.45) is 2.28. The summed E-state index contributed by atoms with van der Waals surface area (Å²) in [6.45, 7) is 2.08. The molecule has 118 valence electrons. The minimum Gasteiger partial charge on any atom is -0.496 e. The fourth-order valence-electron chi connectivity index (χ4n) is 3.13. The van der Waals surface area contributed by atoms with Gasteiger partial charge in [0.05, 0.1) is 7.11 Å². The van der Waals surface area contributed by atoms with E-state index < -0.39 is 0 Å². The first kappa shape index (κ1) is 15.1. The number of hydrogen-bond donors (Lipinski definition) is 0. The van der Waals surface area contributed by atoms with Crippen LogP contribution in [-0.2, 0) is 0 Å². The molecule has 24 heavy (non-hydrogen) atoms. The normalized spacial score (nSPS) is 12.3. The van der Waals surface area contributed by atoms with Crippen LogP contribution in [0.5, 0.6) is 5.75 Å². The van der Waals surface area contributed by atoms with Crippen LogP contribution in [0, 0.1) is 6.92 Å². The van der Waals surface area contributed by atoms with Crippen LogP contribution in [0.15, 0.2) is 76.5 Å². The zero-order valence-corrected chi connectivity index (χ0v) is 14.6. The number of aryl methyl sites for hydroxylation is 1. The van der Waals surface area contributed by atoms with Gasteiger partial charge in [0.2, 0.25) is 0 Å². The summed E-state index contributed by atoms with van der Waals surface area (Å²) in [5, 5.41) is 0. The molecule has 3 aromatic rings. The van der Waals surface area contributed by atoms with Crippen molar-refractivity contribution in [3.05, 3.63) is 89.0 Å². The van der Waals surface area contributed by atoms with E-state index in [-0.39, 0.29) is 0 Å². The van der Waals surface area contributed by atoms with Gasteiger partial charge in [-0.25, -0.2) is 0 Å². The van der Waals surface area contributed by atoms with Crippen LogP contribution in [0.4, 0.5) is 0 Å². The standard InChI is InChI=1S/C22H18OS/c1-15-13-16(11-12-20(15)23-2)14-19-17-7-3-5-9-21(17)24-22-10-6-4-8-18(19)22/h3-14H,1-2H3. The first-order valence-corrected chi connectivity index (χ1v) is 8.81. The van der Waals surface area contributed by atoms with E-state index in [2.05, 4.69) is 73.7 Å². The van der Waals surface area contributed by atoms with E-state index in [0.29, 0.717) is 0 Å². The average Bonchev–Trinajstić information content (AvgIpc) is 2.62. The van der Waals surface area contributed by atoms with Gasteiger partial charge in [-0.2, -0.15) is 0 Å². The second kappa shape index (κ2) is 6.21. The predicted molar refractivity (Wildman–Crippen MR) is 102 cm³/mol. The van der Waals surface area contributed by atoms with E-state index in [0.717, 1.165) is 11.3 Å². The molecule has 0 aliphatic carbocycles. The van der Waals surface area contributed by atoms with Gasteiger partial charge in [-0.05, 0) is 65.1 Å². The Hall–Kier alpha value is -2.45. The molecule has 0 saturated carbocycles. The lowest BCUT2D eigenvalue weighted by atomic mass is 9.94. The molecule has 1 aliphatic rings. The SMILES string of the molecule is COc1ccc(C=C2c3ccccc3Sc3ccccc32)cc1C. The molecule has 0 amide bonds. The van der Waals surface area contributed by atoms with Crippen molar-refractivity contribution in [2.45, 2.75) is 16.7 Å². The summed E-state index contributed by atoms with van der Waals surface area (Å²) in [7, 11) is 1.71. The van der Waals surface area contributed by atoms with Gasteiger partial charge in [-0.1, -0.05) is 54.2 Å². The molecule has 0 fully saturated rings. The monoisotopic (exact) mass is 330 g/mol. The van der Waals surface area contributed by atoms with Crippen LogP contribution in [0.3, 0.4) is 0 Å². The minimum atomic E-state index is 0.928. The quantitative estimate of drug-likeness (QED) is 0.442. The summed E-state index contributed by atoms with van der Waals surface area (Å²) in [4.78, 5) is 2.63. The molecule has 0 saturated heterocycles. The number of ether oxygens (including phenoxy) is 1. The van der Waals surface area contributed by atoms with Crippen molar-refractivity contribution >= 4 is 23.4 Å². The van der Waals surface area contributed by atoms with Gasteiger partial charge in [0.1, 0.15) is 5.75 Å². The molecule has 1 heterocycles. The highest BCUT2D eigenvalue weighted by atomic mass is 32.2. The highest BCUT2D eigenvalue weighted by Crippen LogP contribution is 2.45. The van der Waals surface area contributed by atoms with Crippen molar-refractivity contribution < 1.29 is 4.74 Å². The maximum Gasteiger partial charge on any atom is 0.121 e. The molecule has 0 aromatic heterocycles. The maximum atomic E-state index is 5.38. The summed E-state index contributed by atoms with van der Waals surface area (Å²) in [5.74, 6) is 0.928. The molecule has 0 radical (unpaired) electrons. The summed E-state index contributed by atoms with van der Waals surface area (Å²) < 4.78 is 5.38. The van der Waals surface area contributed by atoms with Crippen LogP contribution in [0.1, 0.15) is 22.3 Å². The van der Waals surface area contributed by atoms with Gasteiger partial charge in [0.15, 0.2) is 0 Å². The molecule has 0 unspecified atom stereocenters. The summed E-state index contributed by atoms with van der Waals surface area (Å²) in [6, 6.07) is 23.6. The lowest BCUT2D eigenvalue weighted by Gasteiger charge is -2.22. The fraction of sp³-hybridized carbons (Fsp3) is 0.0909. The minimum absolute atomic E-state index is 0.928. The number of fused-ring (bicyclic) bond motifs is 2. The van der Waals surface area contributed by atoms with Crippen LogP contribution in [0.25, 0.3) is 11.6 Å². The van der Waals surface area contributed by atoms with Gasteiger partial charge in [0, 0.05) is 9.79 Å². The van der Waals surface area contributed by atoms with E-state index >= 15 is 0 Å². The van der Waals surface area contributed by atoms with E-state index in [9.17, 15) is 0 Å². The van der Waals surface area contributed by atoms with Crippen LogP contribution >= 0.6 is 11.8 Å². The van der Waals surface area contributed by atoms with Gasteiger partial charge < -0.3 is 4.74 Å². The van der Waals surface area contributed by atoms with Crippen molar-refractivity contribution in [2.24, 2.45) is 0 Å². The van der Waals surface area contributed by atoms with E-state index in [4.69, 9.17) is 4.74 Å². The first-order valence-electron chi connectivity index (χ1n) is 7.99. The Morgan fingerprint density at radius 1 is 0.833 bits per heavy atom. The molecule has 1 aliphatic heterocycles. The average molecular weight is 330 g/mol. The zero-order valence-electron chi connectivity index (χ0n) is 13.7. The Morgan fingerprint density at radius 3 is 2.04 bits per heavy atom. The molecule has 0 bridgehead atoms. The van der Waals surface area contributed by atoms with Crippen molar-refractivity contribution in [2.75, 3.05) is 7.11 Å². The number of hydrogen-bond acceptors (Lipinski definition) is 2. The summed E-state index contributed by atoms with van der Waals surface area (Å²) in [5.41, 5.74) is 6.23. The Kier molecular flexibility index (Phi) is 3.91. The largest absolute Gasteiger partial charge is 0.496 e. The highest BCUT2D eigenvalue weighted by Gasteiger charge is 2.20. The molecule has 4 rings (SSSR count). The van der Waals surface area contributed by atoms with E-state index in [1.165, 1.54) is 32.1 Å². The molecule has 0 spiro atoms. The van der Waals surface area contributed by atoms with Gasteiger partial charge in [-0.3, -0.25) is 0 Å². The molecular weight excluding hydrogens is 312 g/mol. The van der Waals surface area contributed by atoms with Gasteiger partial charge in [0.25, 0.3) is 0 Å². The zero-order chi connectivity index (χ0) is 16.5. The molecule has 3 aromatic carbocycles. The Bertz CT molecular complexity index is 893. The van der Waals surface area contributed by atoms with E-state index in [1.807, 2.05) is 17.8 Å². The van der Waals surface area contributed by atoms with Crippen LogP contribution in [-0.4, -0.2) is 7.11 Å². The summed E-state index contributed by atoms with van der Waals surface area (Å²) >= 11 is 1.85. The number of benzene rings is 3. The fourth-order valence-corrected chi connectivity index (χ4v) is 4.24. The first-order chi connectivity index (χ1) is 11.8. The Labute approximate surface area is 147 Å². The smallest absolute Gasteiger partial charge is 0.121 e. The topological polar surface area (TPSA) is 9.23 Å². The molecule has 2 heteroatoms. The van der Waals surface area contributed by atoms with Gasteiger partial charge >= 0.3 is 0 Å². The Morgan fingerprint density at radius 2 is 1.46 bits per heavy atom.